The molecule has 0 aromatic carbocycles. The highest BCUT2D eigenvalue weighted by atomic mass is 16.7. The molecule has 0 bridgehead atoms. The van der Waals surface area contributed by atoms with E-state index < -0.39 is 30.7 Å². The van der Waals surface area contributed by atoms with Crippen molar-refractivity contribution < 1.29 is 21.7 Å². The SMILES string of the molecule is [2H][C@H]([C@H]1COC(C)(C)O1)[C@@H]([2H])C(=O)OC. The monoisotopic (exact) mass is 190 g/mol. The lowest BCUT2D eigenvalue weighted by Crippen LogP contribution is -2.21. The van der Waals surface area contributed by atoms with E-state index in [0.717, 1.165) is 0 Å². The number of carbonyl (C=O) groups is 1. The van der Waals surface area contributed by atoms with Crippen LogP contribution in [0.4, 0.5) is 0 Å². The molecule has 4 nitrogen and oxygen atoms in total. The second-order valence-electron chi connectivity index (χ2n) is 3.25. The Balaban J connectivity index is 2.55. The van der Waals surface area contributed by atoms with Crippen LogP contribution in [0.15, 0.2) is 0 Å². The Morgan fingerprint density at radius 3 is 2.92 bits per heavy atom. The summed E-state index contributed by atoms with van der Waals surface area (Å²) in [6.07, 6.45) is -2.79. The summed E-state index contributed by atoms with van der Waals surface area (Å²) in [5.41, 5.74) is 0. The third-order valence-corrected chi connectivity index (χ3v) is 1.68. The van der Waals surface area contributed by atoms with Gasteiger partial charge in [0.25, 0.3) is 0 Å². The molecule has 0 saturated carbocycles. The molecule has 0 amide bonds. The van der Waals surface area contributed by atoms with Gasteiger partial charge in [0.2, 0.25) is 0 Å². The maximum atomic E-state index is 11.0. The average molecular weight is 190 g/mol. The van der Waals surface area contributed by atoms with Gasteiger partial charge in [-0.05, 0) is 20.2 Å². The van der Waals surface area contributed by atoms with Crippen LogP contribution in [0.1, 0.15) is 29.4 Å². The van der Waals surface area contributed by atoms with E-state index in [9.17, 15) is 4.79 Å². The number of esters is 1. The van der Waals surface area contributed by atoms with Gasteiger partial charge in [-0.15, -0.1) is 0 Å². The summed E-state index contributed by atoms with van der Waals surface area (Å²) < 4.78 is 30.2. The zero-order valence-corrected chi connectivity index (χ0v) is 8.07. The molecule has 1 heterocycles. The minimum atomic E-state index is -1.25. The molecule has 1 aliphatic rings. The Hall–Kier alpha value is -0.610. The smallest absolute Gasteiger partial charge is 0.305 e. The Morgan fingerprint density at radius 2 is 2.46 bits per heavy atom. The molecular weight excluding hydrogens is 172 g/mol. The lowest BCUT2D eigenvalue weighted by molar-refractivity contribution is -0.146. The van der Waals surface area contributed by atoms with Crippen molar-refractivity contribution in [2.45, 2.75) is 38.5 Å². The van der Waals surface area contributed by atoms with Crippen LogP contribution in [0.25, 0.3) is 0 Å². The zero-order valence-electron chi connectivity index (χ0n) is 10.1. The second-order valence-corrected chi connectivity index (χ2v) is 3.25. The van der Waals surface area contributed by atoms with Crippen molar-refractivity contribution in [3.8, 4) is 0 Å². The first-order valence-electron chi connectivity index (χ1n) is 5.27. The fourth-order valence-corrected chi connectivity index (χ4v) is 1.06. The topological polar surface area (TPSA) is 44.8 Å². The van der Waals surface area contributed by atoms with Crippen LogP contribution in [-0.2, 0) is 19.0 Å². The van der Waals surface area contributed by atoms with Gasteiger partial charge < -0.3 is 14.2 Å². The molecule has 76 valence electrons. The van der Waals surface area contributed by atoms with Gasteiger partial charge in [-0.1, -0.05) is 0 Å². The summed E-state index contributed by atoms with van der Waals surface area (Å²) in [4.78, 5) is 11.0. The van der Waals surface area contributed by atoms with Gasteiger partial charge in [-0.25, -0.2) is 0 Å². The van der Waals surface area contributed by atoms with Gasteiger partial charge >= 0.3 is 5.97 Å². The number of rotatable bonds is 3. The molecule has 0 unspecified atom stereocenters. The van der Waals surface area contributed by atoms with Gasteiger partial charge in [0.1, 0.15) is 0 Å². The third kappa shape index (κ3) is 3.32. The van der Waals surface area contributed by atoms with Crippen LogP contribution in [-0.4, -0.2) is 31.6 Å². The van der Waals surface area contributed by atoms with E-state index in [1.807, 2.05) is 0 Å². The quantitative estimate of drug-likeness (QED) is 0.625. The van der Waals surface area contributed by atoms with Crippen molar-refractivity contribution in [1.82, 2.24) is 0 Å². The number of methoxy groups -OCH3 is 1. The van der Waals surface area contributed by atoms with Crippen molar-refractivity contribution in [1.29, 1.82) is 0 Å². The molecule has 0 aromatic heterocycles. The Morgan fingerprint density at radius 1 is 1.77 bits per heavy atom. The van der Waals surface area contributed by atoms with Crippen molar-refractivity contribution >= 4 is 5.97 Å². The first kappa shape index (κ1) is 7.76. The summed E-state index contributed by atoms with van der Waals surface area (Å²) in [5, 5.41) is 0. The normalized spacial score (nSPS) is 33.0. The highest BCUT2D eigenvalue weighted by Gasteiger charge is 2.32. The molecule has 4 heteroatoms. The second kappa shape index (κ2) is 4.07. The molecule has 1 saturated heterocycles. The lowest BCUT2D eigenvalue weighted by Gasteiger charge is -2.16. The van der Waals surface area contributed by atoms with Crippen molar-refractivity contribution in [3.05, 3.63) is 0 Å². The first-order chi connectivity index (χ1) is 6.87. The van der Waals surface area contributed by atoms with Crippen LogP contribution in [0, 0.1) is 0 Å². The minimum absolute atomic E-state index is 0.230. The van der Waals surface area contributed by atoms with Crippen molar-refractivity contribution in [2.75, 3.05) is 13.7 Å². The highest BCUT2D eigenvalue weighted by Crippen LogP contribution is 2.24. The maximum absolute atomic E-state index is 11.0. The molecule has 0 aliphatic carbocycles. The van der Waals surface area contributed by atoms with Crippen molar-refractivity contribution in [2.24, 2.45) is 0 Å². The molecule has 1 rings (SSSR count). The summed E-state index contributed by atoms with van der Waals surface area (Å²) in [6.45, 7) is 3.70. The molecule has 0 aromatic rings. The van der Waals surface area contributed by atoms with E-state index >= 15 is 0 Å². The fourth-order valence-electron chi connectivity index (χ4n) is 1.06. The van der Waals surface area contributed by atoms with Gasteiger partial charge in [0.05, 0.1) is 19.8 Å². The van der Waals surface area contributed by atoms with Crippen LogP contribution in [0.3, 0.4) is 0 Å². The minimum Gasteiger partial charge on any atom is -0.469 e. The average Bonchev–Trinajstić information content (AvgIpc) is 2.55. The Labute approximate surface area is 81.0 Å². The van der Waals surface area contributed by atoms with Crippen LogP contribution < -0.4 is 0 Å². The molecule has 13 heavy (non-hydrogen) atoms. The highest BCUT2D eigenvalue weighted by molar-refractivity contribution is 5.69. The van der Waals surface area contributed by atoms with Gasteiger partial charge in [0.15, 0.2) is 5.79 Å². The largest absolute Gasteiger partial charge is 0.469 e. The standard InChI is InChI=1S/C9H16O4/c1-9(2)12-6-7(13-9)4-5-8(10)11-3/h7H,4-6H2,1-3H3/t7-/m0/s1/i4D,5D/t4-,5+,7-. The van der Waals surface area contributed by atoms with Crippen LogP contribution >= 0.6 is 0 Å². The van der Waals surface area contributed by atoms with Gasteiger partial charge in [-0.2, -0.15) is 0 Å². The molecule has 0 radical (unpaired) electrons. The molecule has 1 fully saturated rings. The summed E-state index contributed by atoms with van der Waals surface area (Å²) >= 11 is 0. The van der Waals surface area contributed by atoms with Crippen LogP contribution in [0.5, 0.6) is 0 Å². The Kier molecular flexibility index (Phi) is 2.43. The number of ether oxygens (including phenoxy) is 3. The number of carbonyl (C=O) groups excluding carboxylic acids is 1. The van der Waals surface area contributed by atoms with E-state index in [2.05, 4.69) is 4.74 Å². The lowest BCUT2D eigenvalue weighted by atomic mass is 10.2. The molecular formula is C9H16O4. The number of hydrogen-bond acceptors (Lipinski definition) is 4. The maximum Gasteiger partial charge on any atom is 0.305 e. The van der Waals surface area contributed by atoms with Crippen LogP contribution in [0.2, 0.25) is 0 Å². The van der Waals surface area contributed by atoms with E-state index in [-0.39, 0.29) is 6.61 Å². The summed E-state index contributed by atoms with van der Waals surface area (Å²) in [6, 6.07) is 0. The third-order valence-electron chi connectivity index (χ3n) is 1.68. The zero-order chi connectivity index (χ0) is 11.6. The Bertz CT molecular complexity index is 244. The van der Waals surface area contributed by atoms with Gasteiger partial charge in [0, 0.05) is 9.14 Å². The van der Waals surface area contributed by atoms with E-state index in [4.69, 9.17) is 12.2 Å². The summed E-state index contributed by atoms with van der Waals surface area (Å²) in [5.74, 6) is -1.46. The number of hydrogen-bond donors (Lipinski definition) is 0. The fraction of sp³-hybridized carbons (Fsp3) is 0.889. The predicted molar refractivity (Wildman–Crippen MR) is 46.2 cm³/mol. The predicted octanol–water partition coefficient (Wildman–Crippen LogP) is 1.09. The van der Waals surface area contributed by atoms with Gasteiger partial charge in [-0.3, -0.25) is 4.79 Å². The molecule has 0 N–H and O–H groups in total. The van der Waals surface area contributed by atoms with Crippen molar-refractivity contribution in [3.63, 3.8) is 0 Å². The van der Waals surface area contributed by atoms with E-state index in [0.29, 0.717) is 0 Å². The molecule has 0 spiro atoms. The van der Waals surface area contributed by atoms with E-state index in [1.165, 1.54) is 7.11 Å². The van der Waals surface area contributed by atoms with E-state index in [1.54, 1.807) is 13.8 Å². The summed E-state index contributed by atoms with van der Waals surface area (Å²) in [7, 11) is 1.20. The first-order valence-corrected chi connectivity index (χ1v) is 4.11. The molecule has 3 atom stereocenters. The molecule has 1 aliphatic heterocycles.